The molecule has 5 N–H and O–H groups in total. The van der Waals surface area contributed by atoms with Gasteiger partial charge in [-0.1, -0.05) is 45.9 Å². The van der Waals surface area contributed by atoms with Crippen molar-refractivity contribution in [1.29, 1.82) is 0 Å². The normalized spacial score (nSPS) is 12.3. The summed E-state index contributed by atoms with van der Waals surface area (Å²) < 4.78 is 56.2. The highest BCUT2D eigenvalue weighted by Gasteiger charge is 2.45. The smallest absolute Gasteiger partial charge is 0.355 e. The van der Waals surface area contributed by atoms with Crippen LogP contribution < -0.4 is 16.0 Å². The van der Waals surface area contributed by atoms with Gasteiger partial charge in [-0.15, -0.1) is 0 Å². The van der Waals surface area contributed by atoms with Gasteiger partial charge in [0, 0.05) is 37.2 Å². The van der Waals surface area contributed by atoms with Crippen molar-refractivity contribution in [3.05, 3.63) is 77.7 Å². The van der Waals surface area contributed by atoms with Crippen molar-refractivity contribution >= 4 is 36.6 Å². The zero-order chi connectivity index (χ0) is 33.9. The number of carbonyl (C=O) groups is 1. The Morgan fingerprint density at radius 2 is 1.67 bits per heavy atom. The van der Waals surface area contributed by atoms with Crippen molar-refractivity contribution in [3.8, 4) is 11.1 Å². The summed E-state index contributed by atoms with van der Waals surface area (Å²) in [6, 6.07) is 10.9. The topological polar surface area (TPSA) is 154 Å². The molecular weight excluding hydrogens is 622 g/mol. The fraction of sp³-hybridized carbons (Fsp3) is 0.355. The summed E-state index contributed by atoms with van der Waals surface area (Å²) in [7, 11) is -3.08. The summed E-state index contributed by atoms with van der Waals surface area (Å²) in [4.78, 5) is 40.9. The van der Waals surface area contributed by atoms with Crippen LogP contribution in [0.15, 0.2) is 61.1 Å². The molecule has 246 valence electrons. The third kappa shape index (κ3) is 7.41. The standard InChI is InChI=1S/C31H37F3N7O4P/c1-6-30(7-2,46(43,44)45)22-9-11-23(12-10-22)38-29-36-16-25(31(32,33)34)27(40-29)39-26-13-8-20(14-24(26)28(42)35-5)21-15-37-41(18-21)17-19(3)4/h8-16,18-19H,6-7,17H2,1-5H3,(H,35,42)(H2,43,44,45)(H2,36,38,39,40). The van der Waals surface area contributed by atoms with E-state index in [0.29, 0.717) is 35.5 Å². The van der Waals surface area contributed by atoms with Crippen LogP contribution in [0, 0.1) is 5.92 Å². The number of alkyl halides is 3. The fourth-order valence-electron chi connectivity index (χ4n) is 5.25. The molecule has 0 saturated carbocycles. The van der Waals surface area contributed by atoms with Crippen LogP contribution in [0.2, 0.25) is 0 Å². The molecule has 15 heteroatoms. The molecule has 4 rings (SSSR count). The molecule has 0 spiro atoms. The lowest BCUT2D eigenvalue weighted by atomic mass is 9.92. The Balaban J connectivity index is 1.68. The van der Waals surface area contributed by atoms with Crippen LogP contribution >= 0.6 is 7.60 Å². The summed E-state index contributed by atoms with van der Waals surface area (Å²) in [5.74, 6) is -0.914. The maximum absolute atomic E-state index is 14.0. The molecule has 0 fully saturated rings. The highest BCUT2D eigenvalue weighted by atomic mass is 31.2. The van der Waals surface area contributed by atoms with E-state index in [2.05, 4.69) is 44.9 Å². The van der Waals surface area contributed by atoms with Gasteiger partial charge in [0.15, 0.2) is 0 Å². The van der Waals surface area contributed by atoms with Gasteiger partial charge in [0.25, 0.3) is 5.91 Å². The zero-order valence-corrected chi connectivity index (χ0v) is 26.9. The van der Waals surface area contributed by atoms with E-state index in [1.165, 1.54) is 13.1 Å². The lowest BCUT2D eigenvalue weighted by molar-refractivity contribution is -0.137. The molecule has 1 amide bonds. The van der Waals surface area contributed by atoms with Gasteiger partial charge < -0.3 is 25.7 Å². The van der Waals surface area contributed by atoms with Crippen molar-refractivity contribution in [2.45, 2.75) is 58.4 Å². The van der Waals surface area contributed by atoms with E-state index in [1.54, 1.807) is 61.1 Å². The number of carbonyl (C=O) groups excluding carboxylic acids is 1. The lowest BCUT2D eigenvalue weighted by Gasteiger charge is -2.33. The maximum Gasteiger partial charge on any atom is 0.421 e. The number of anilines is 4. The van der Waals surface area contributed by atoms with Crippen molar-refractivity contribution < 1.29 is 32.3 Å². The Hall–Kier alpha value is -4.26. The first-order chi connectivity index (χ1) is 21.6. The maximum atomic E-state index is 14.0. The zero-order valence-electron chi connectivity index (χ0n) is 26.1. The van der Waals surface area contributed by atoms with E-state index in [-0.39, 0.29) is 30.0 Å². The third-order valence-electron chi connectivity index (χ3n) is 7.76. The Bertz CT molecular complexity index is 1730. The molecule has 11 nitrogen and oxygen atoms in total. The first-order valence-electron chi connectivity index (χ1n) is 14.6. The molecule has 2 aromatic carbocycles. The average Bonchev–Trinajstić information content (AvgIpc) is 3.45. The van der Waals surface area contributed by atoms with Crippen molar-refractivity contribution in [3.63, 3.8) is 0 Å². The van der Waals surface area contributed by atoms with Gasteiger partial charge in [0.2, 0.25) is 5.95 Å². The van der Waals surface area contributed by atoms with E-state index < -0.39 is 36.2 Å². The highest BCUT2D eigenvalue weighted by molar-refractivity contribution is 7.53. The van der Waals surface area contributed by atoms with Gasteiger partial charge in [0.05, 0.1) is 22.6 Å². The van der Waals surface area contributed by atoms with E-state index >= 15 is 0 Å². The quantitative estimate of drug-likeness (QED) is 0.101. The fourth-order valence-corrected chi connectivity index (χ4v) is 6.55. The number of nitrogens with zero attached hydrogens (tertiary/aromatic N) is 4. The lowest BCUT2D eigenvalue weighted by Crippen LogP contribution is -2.24. The molecule has 0 unspecified atom stereocenters. The minimum atomic E-state index is -4.81. The van der Waals surface area contributed by atoms with Gasteiger partial charge in [0.1, 0.15) is 11.4 Å². The molecule has 0 bridgehead atoms. The summed E-state index contributed by atoms with van der Waals surface area (Å²) in [5, 5.41) is 11.0. The van der Waals surface area contributed by atoms with Crippen LogP contribution in [-0.2, 0) is 22.4 Å². The minimum Gasteiger partial charge on any atom is -0.355 e. The summed E-state index contributed by atoms with van der Waals surface area (Å²) in [5.41, 5.74) is 1.24. The Labute approximate surface area is 264 Å². The predicted molar refractivity (Wildman–Crippen MR) is 170 cm³/mol. The van der Waals surface area contributed by atoms with Gasteiger partial charge in [-0.2, -0.15) is 23.3 Å². The molecular formula is C31H37F3N7O4P. The number of amides is 1. The van der Waals surface area contributed by atoms with E-state index in [0.717, 1.165) is 5.56 Å². The first-order valence-corrected chi connectivity index (χ1v) is 16.3. The van der Waals surface area contributed by atoms with Crippen LogP contribution in [0.1, 0.15) is 62.0 Å². The van der Waals surface area contributed by atoms with E-state index in [4.69, 9.17) is 0 Å². The molecule has 0 atom stereocenters. The van der Waals surface area contributed by atoms with Crippen LogP contribution in [0.3, 0.4) is 0 Å². The molecule has 0 aliphatic rings. The van der Waals surface area contributed by atoms with Gasteiger partial charge in [-0.25, -0.2) is 4.98 Å². The van der Waals surface area contributed by atoms with Gasteiger partial charge in [-0.05, 0) is 54.2 Å². The highest BCUT2D eigenvalue weighted by Crippen LogP contribution is 2.60. The molecule has 0 radical (unpaired) electrons. The first kappa shape index (κ1) is 34.6. The number of hydrogen-bond donors (Lipinski definition) is 5. The molecule has 2 heterocycles. The second-order valence-corrected chi connectivity index (χ2v) is 13.2. The summed E-state index contributed by atoms with van der Waals surface area (Å²) in [6.07, 6.45) is -0.269. The Kier molecular flexibility index (Phi) is 10.2. The molecule has 0 saturated heterocycles. The van der Waals surface area contributed by atoms with Crippen molar-refractivity contribution in [1.82, 2.24) is 25.1 Å². The molecule has 46 heavy (non-hydrogen) atoms. The second-order valence-electron chi connectivity index (χ2n) is 11.2. The van der Waals surface area contributed by atoms with Gasteiger partial charge in [-0.3, -0.25) is 14.0 Å². The molecule has 4 aromatic rings. The van der Waals surface area contributed by atoms with Crippen LogP contribution in [0.5, 0.6) is 0 Å². The Morgan fingerprint density at radius 3 is 2.24 bits per heavy atom. The molecule has 0 aliphatic heterocycles. The number of hydrogen-bond acceptors (Lipinski definition) is 7. The van der Waals surface area contributed by atoms with Gasteiger partial charge >= 0.3 is 13.8 Å². The number of rotatable bonds is 12. The van der Waals surface area contributed by atoms with Crippen LogP contribution in [0.4, 0.5) is 36.3 Å². The molecule has 0 aliphatic carbocycles. The Morgan fingerprint density at radius 1 is 1.00 bits per heavy atom. The average molecular weight is 660 g/mol. The summed E-state index contributed by atoms with van der Waals surface area (Å²) >= 11 is 0. The third-order valence-corrected chi connectivity index (χ3v) is 9.77. The van der Waals surface area contributed by atoms with Crippen molar-refractivity contribution in [2.24, 2.45) is 5.92 Å². The van der Waals surface area contributed by atoms with Crippen molar-refractivity contribution in [2.75, 3.05) is 17.7 Å². The number of benzene rings is 2. The predicted octanol–water partition coefficient (Wildman–Crippen LogP) is 7.05. The van der Waals surface area contributed by atoms with E-state index in [9.17, 15) is 32.3 Å². The second kappa shape index (κ2) is 13.6. The number of halogens is 3. The number of aromatic nitrogens is 4. The minimum absolute atomic E-state index is 0.0880. The monoisotopic (exact) mass is 659 g/mol. The number of nitrogens with one attached hydrogen (secondary N) is 3. The summed E-state index contributed by atoms with van der Waals surface area (Å²) in [6.45, 7) is 8.21. The van der Waals surface area contributed by atoms with Crippen LogP contribution in [0.25, 0.3) is 11.1 Å². The largest absolute Gasteiger partial charge is 0.421 e. The SMILES string of the molecule is CCC(CC)(c1ccc(Nc2ncc(C(F)(F)F)c(Nc3ccc(-c4cnn(CC(C)C)c4)cc3C(=O)NC)n2)cc1)P(=O)(O)O. The van der Waals surface area contributed by atoms with E-state index in [1.807, 2.05) is 6.20 Å². The molecule has 2 aromatic heterocycles. The van der Waals surface area contributed by atoms with Crippen LogP contribution in [-0.4, -0.2) is 42.5 Å².